The highest BCUT2D eigenvalue weighted by molar-refractivity contribution is 5.76. The first-order chi connectivity index (χ1) is 24.2. The summed E-state index contributed by atoms with van der Waals surface area (Å²) in [7, 11) is 0. The quantitative estimate of drug-likeness (QED) is 0.0492. The monoisotopic (exact) mass is 674 g/mol. The maximum absolute atomic E-state index is 12.2. The number of hydrogen-bond acceptors (Lipinski definition) is 3. The molecule has 0 bridgehead atoms. The van der Waals surface area contributed by atoms with Crippen molar-refractivity contribution >= 4 is 5.91 Å². The normalized spacial score (nSPS) is 14.4. The summed E-state index contributed by atoms with van der Waals surface area (Å²) in [5.41, 5.74) is 0. The van der Waals surface area contributed by atoms with E-state index in [2.05, 4.69) is 129 Å². The fourth-order valence-electron chi connectivity index (χ4n) is 4.75. The van der Waals surface area contributed by atoms with E-state index in [4.69, 9.17) is 0 Å². The van der Waals surface area contributed by atoms with Crippen molar-refractivity contribution in [1.29, 1.82) is 0 Å². The molecule has 0 aliphatic carbocycles. The molecule has 0 saturated heterocycles. The van der Waals surface area contributed by atoms with E-state index in [0.717, 1.165) is 96.3 Å². The zero-order valence-electron chi connectivity index (χ0n) is 31.1. The molecule has 274 valence electrons. The Balaban J connectivity index is 3.74. The second-order valence-electron chi connectivity index (χ2n) is 12.3. The van der Waals surface area contributed by atoms with Gasteiger partial charge in [-0.1, -0.05) is 161 Å². The van der Waals surface area contributed by atoms with Crippen LogP contribution in [0.1, 0.15) is 136 Å². The molecule has 0 saturated carbocycles. The van der Waals surface area contributed by atoms with E-state index in [0.29, 0.717) is 6.42 Å². The smallest absolute Gasteiger partial charge is 0.220 e. The molecular weight excluding hydrogens is 602 g/mol. The Morgan fingerprint density at radius 1 is 0.510 bits per heavy atom. The van der Waals surface area contributed by atoms with Crippen LogP contribution in [0.15, 0.2) is 122 Å². The van der Waals surface area contributed by atoms with Gasteiger partial charge in [0.15, 0.2) is 0 Å². The van der Waals surface area contributed by atoms with Gasteiger partial charge in [0.2, 0.25) is 5.91 Å². The Morgan fingerprint density at radius 3 is 1.31 bits per heavy atom. The number of amides is 1. The molecule has 0 spiro atoms. The number of allylic oxidation sites excluding steroid dienone is 19. The van der Waals surface area contributed by atoms with Gasteiger partial charge in [0.1, 0.15) is 0 Å². The zero-order chi connectivity index (χ0) is 35.7. The molecule has 0 aliphatic rings. The van der Waals surface area contributed by atoms with Crippen molar-refractivity contribution < 1.29 is 15.0 Å². The SMILES string of the molecule is CC/C=C\C/C=C\C/C=C\C/C=C\C/C=C\C/C=C\C/C=C\C/C=C\C/C=C\CCCCCC(=O)NC(CO)C(O)/C=C/CCCCCC. The minimum atomic E-state index is -0.858. The van der Waals surface area contributed by atoms with Crippen molar-refractivity contribution in [2.24, 2.45) is 0 Å². The Labute approximate surface area is 301 Å². The van der Waals surface area contributed by atoms with Crippen molar-refractivity contribution in [1.82, 2.24) is 5.32 Å². The van der Waals surface area contributed by atoms with Crippen LogP contribution in [0, 0.1) is 0 Å². The Morgan fingerprint density at radius 2 is 0.898 bits per heavy atom. The third kappa shape index (κ3) is 35.9. The number of hydrogen-bond donors (Lipinski definition) is 3. The van der Waals surface area contributed by atoms with Gasteiger partial charge >= 0.3 is 0 Å². The highest BCUT2D eigenvalue weighted by Gasteiger charge is 2.17. The molecule has 4 heteroatoms. The minimum Gasteiger partial charge on any atom is -0.394 e. The molecule has 4 nitrogen and oxygen atoms in total. The van der Waals surface area contributed by atoms with Gasteiger partial charge in [-0.25, -0.2) is 0 Å². The maximum Gasteiger partial charge on any atom is 0.220 e. The lowest BCUT2D eigenvalue weighted by Gasteiger charge is -2.19. The summed E-state index contributed by atoms with van der Waals surface area (Å²) >= 11 is 0. The molecule has 0 aliphatic heterocycles. The molecule has 0 fully saturated rings. The van der Waals surface area contributed by atoms with Crippen molar-refractivity contribution in [3.63, 3.8) is 0 Å². The molecule has 0 radical (unpaired) electrons. The largest absolute Gasteiger partial charge is 0.394 e. The zero-order valence-corrected chi connectivity index (χ0v) is 31.1. The molecule has 1 amide bonds. The van der Waals surface area contributed by atoms with Gasteiger partial charge in [0.05, 0.1) is 18.8 Å². The Bertz CT molecular complexity index is 1040. The summed E-state index contributed by atoms with van der Waals surface area (Å²) in [6.07, 6.45) is 61.7. The lowest BCUT2D eigenvalue weighted by molar-refractivity contribution is -0.123. The molecule has 49 heavy (non-hydrogen) atoms. The number of carbonyl (C=O) groups is 1. The molecule has 2 unspecified atom stereocenters. The molecule has 2 atom stereocenters. The third-order valence-electron chi connectivity index (χ3n) is 7.70. The standard InChI is InChI=1S/C45H71NO3/c1-3-5-7-9-11-12-13-14-15-16-17-18-19-20-21-22-23-24-25-26-27-28-29-30-31-32-33-34-35-37-39-41-45(49)46-43(42-47)44(48)40-38-36-10-8-6-4-2/h5,7,11-12,14-15,17-18,20-21,23-24,26-27,29-30,32-33,38,40,43-44,47-48H,3-4,6,8-10,13,16,19,22,25,28,31,34-37,39,41-42H2,1-2H3,(H,46,49)/b7-5-,12-11-,15-14-,18-17-,21-20-,24-23-,27-26-,30-29-,33-32-,40-38+. The van der Waals surface area contributed by atoms with Crippen molar-refractivity contribution in [2.45, 2.75) is 148 Å². The number of aliphatic hydroxyl groups excluding tert-OH is 2. The van der Waals surface area contributed by atoms with E-state index in [1.807, 2.05) is 6.08 Å². The van der Waals surface area contributed by atoms with E-state index < -0.39 is 12.1 Å². The first kappa shape index (κ1) is 45.8. The molecule has 0 aromatic carbocycles. The number of unbranched alkanes of at least 4 members (excludes halogenated alkanes) is 7. The highest BCUT2D eigenvalue weighted by Crippen LogP contribution is 2.07. The first-order valence-electron chi connectivity index (χ1n) is 19.2. The summed E-state index contributed by atoms with van der Waals surface area (Å²) in [5.74, 6) is -0.110. The molecular formula is C45H71NO3. The van der Waals surface area contributed by atoms with Crippen LogP contribution in [0.25, 0.3) is 0 Å². The van der Waals surface area contributed by atoms with Gasteiger partial charge in [0.25, 0.3) is 0 Å². The van der Waals surface area contributed by atoms with Crippen molar-refractivity contribution in [3.8, 4) is 0 Å². The van der Waals surface area contributed by atoms with Crippen LogP contribution in [0.4, 0.5) is 0 Å². The summed E-state index contributed by atoms with van der Waals surface area (Å²) < 4.78 is 0. The topological polar surface area (TPSA) is 69.6 Å². The summed E-state index contributed by atoms with van der Waals surface area (Å²) in [4.78, 5) is 12.2. The number of carbonyl (C=O) groups excluding carboxylic acids is 1. The van der Waals surface area contributed by atoms with E-state index in [9.17, 15) is 15.0 Å². The van der Waals surface area contributed by atoms with Crippen LogP contribution < -0.4 is 5.32 Å². The second-order valence-corrected chi connectivity index (χ2v) is 12.3. The average Bonchev–Trinajstić information content (AvgIpc) is 3.10. The third-order valence-corrected chi connectivity index (χ3v) is 7.70. The first-order valence-corrected chi connectivity index (χ1v) is 19.2. The van der Waals surface area contributed by atoms with Gasteiger partial charge in [-0.05, 0) is 89.9 Å². The van der Waals surface area contributed by atoms with Crippen LogP contribution in [0.2, 0.25) is 0 Å². The predicted molar refractivity (Wildman–Crippen MR) is 215 cm³/mol. The minimum absolute atomic E-state index is 0.110. The van der Waals surface area contributed by atoms with Gasteiger partial charge in [-0.3, -0.25) is 4.79 Å². The molecule has 0 rings (SSSR count). The van der Waals surface area contributed by atoms with Crippen LogP contribution in [0.3, 0.4) is 0 Å². The van der Waals surface area contributed by atoms with Crippen molar-refractivity contribution in [3.05, 3.63) is 122 Å². The van der Waals surface area contributed by atoms with Crippen LogP contribution >= 0.6 is 0 Å². The number of nitrogens with one attached hydrogen (secondary N) is 1. The molecule has 3 N–H and O–H groups in total. The van der Waals surface area contributed by atoms with E-state index in [1.54, 1.807) is 6.08 Å². The van der Waals surface area contributed by atoms with Crippen LogP contribution in [0.5, 0.6) is 0 Å². The number of rotatable bonds is 32. The van der Waals surface area contributed by atoms with Crippen LogP contribution in [-0.2, 0) is 4.79 Å². The molecule has 0 aromatic heterocycles. The van der Waals surface area contributed by atoms with Crippen molar-refractivity contribution in [2.75, 3.05) is 6.61 Å². The van der Waals surface area contributed by atoms with Gasteiger partial charge in [-0.2, -0.15) is 0 Å². The van der Waals surface area contributed by atoms with Gasteiger partial charge < -0.3 is 15.5 Å². The maximum atomic E-state index is 12.2. The van der Waals surface area contributed by atoms with Gasteiger partial charge in [-0.15, -0.1) is 0 Å². The summed E-state index contributed by atoms with van der Waals surface area (Å²) in [6, 6.07) is -0.645. The highest BCUT2D eigenvalue weighted by atomic mass is 16.3. The van der Waals surface area contributed by atoms with E-state index in [1.165, 1.54) is 19.3 Å². The molecule has 0 heterocycles. The lowest BCUT2D eigenvalue weighted by Crippen LogP contribution is -2.45. The fraction of sp³-hybridized carbons (Fsp3) is 0.533. The van der Waals surface area contributed by atoms with E-state index >= 15 is 0 Å². The Hall–Kier alpha value is -3.21. The summed E-state index contributed by atoms with van der Waals surface area (Å²) in [6.45, 7) is 4.07. The predicted octanol–water partition coefficient (Wildman–Crippen LogP) is 11.8. The van der Waals surface area contributed by atoms with Crippen LogP contribution in [-0.4, -0.2) is 34.9 Å². The summed E-state index contributed by atoms with van der Waals surface area (Å²) in [5, 5.41) is 22.6. The van der Waals surface area contributed by atoms with Gasteiger partial charge in [0, 0.05) is 6.42 Å². The second kappa shape index (κ2) is 39.2. The lowest BCUT2D eigenvalue weighted by atomic mass is 10.1. The molecule has 0 aromatic rings. The van der Waals surface area contributed by atoms with E-state index in [-0.39, 0.29) is 12.5 Å². The Kier molecular flexibility index (Phi) is 36.7. The fourth-order valence-corrected chi connectivity index (χ4v) is 4.75. The average molecular weight is 674 g/mol. The number of aliphatic hydroxyl groups is 2.